The van der Waals surface area contributed by atoms with Crippen LogP contribution in [0.2, 0.25) is 0 Å². The number of benzene rings is 2. The molecule has 2 aromatic carbocycles. The van der Waals surface area contributed by atoms with Gasteiger partial charge in [0.1, 0.15) is 29.0 Å². The lowest BCUT2D eigenvalue weighted by Gasteiger charge is -2.56. The van der Waals surface area contributed by atoms with Gasteiger partial charge in [0.25, 0.3) is 0 Å². The largest absolute Gasteiger partial charge is 0.496 e. The lowest BCUT2D eigenvalue weighted by atomic mass is 9.77. The third-order valence-corrected chi connectivity index (χ3v) is 8.01. The van der Waals surface area contributed by atoms with E-state index in [-0.39, 0.29) is 24.0 Å². The summed E-state index contributed by atoms with van der Waals surface area (Å²) in [7, 11) is 6.56. The van der Waals surface area contributed by atoms with Crippen LogP contribution in [-0.4, -0.2) is 62.3 Å². The number of ether oxygens (including phenoxy) is 4. The molecule has 3 aliphatic rings. The van der Waals surface area contributed by atoms with E-state index in [9.17, 15) is 10.1 Å². The minimum atomic E-state index is -0.497. The van der Waals surface area contributed by atoms with E-state index in [0.717, 1.165) is 45.3 Å². The molecule has 184 valence electrons. The fraction of sp³-hybridized carbons (Fsp3) is 0.481. The summed E-state index contributed by atoms with van der Waals surface area (Å²) in [6.45, 7) is 4.06. The van der Waals surface area contributed by atoms with Crippen LogP contribution in [0.5, 0.6) is 23.0 Å². The van der Waals surface area contributed by atoms with Crippen LogP contribution < -0.4 is 18.9 Å². The normalized spacial score (nSPS) is 27.1. The van der Waals surface area contributed by atoms with Crippen molar-refractivity contribution in [1.29, 1.82) is 5.26 Å². The first-order chi connectivity index (χ1) is 16.9. The fourth-order valence-corrected chi connectivity index (χ4v) is 6.56. The number of piperazine rings is 1. The topological polar surface area (TPSA) is 84.3 Å². The molecule has 0 aromatic heterocycles. The Morgan fingerprint density at radius 2 is 1.29 bits per heavy atom. The van der Waals surface area contributed by atoms with E-state index in [1.807, 2.05) is 43.0 Å². The molecular formula is C27H31N3O5. The highest BCUT2D eigenvalue weighted by atomic mass is 16.5. The van der Waals surface area contributed by atoms with Crippen molar-refractivity contribution < 1.29 is 23.7 Å². The molecule has 0 aliphatic carbocycles. The molecule has 5 atom stereocenters. The molecule has 8 nitrogen and oxygen atoms in total. The Bertz CT molecular complexity index is 1220. The summed E-state index contributed by atoms with van der Waals surface area (Å²) in [6.07, 6.45) is 0.969. The second kappa shape index (κ2) is 8.65. The third kappa shape index (κ3) is 3.18. The van der Waals surface area contributed by atoms with Crippen molar-refractivity contribution in [3.8, 4) is 29.1 Å². The van der Waals surface area contributed by atoms with Crippen molar-refractivity contribution in [2.75, 3.05) is 28.4 Å². The average molecular weight is 478 g/mol. The monoisotopic (exact) mass is 477 g/mol. The molecule has 2 aromatic rings. The Balaban J connectivity index is 1.66. The van der Waals surface area contributed by atoms with Gasteiger partial charge in [-0.2, -0.15) is 5.26 Å². The summed E-state index contributed by atoms with van der Waals surface area (Å²) in [5.41, 5.74) is 3.89. The van der Waals surface area contributed by atoms with Crippen molar-refractivity contribution in [1.82, 2.24) is 9.80 Å². The zero-order valence-corrected chi connectivity index (χ0v) is 21.0. The molecule has 0 spiro atoms. The highest BCUT2D eigenvalue weighted by Crippen LogP contribution is 2.50. The van der Waals surface area contributed by atoms with Crippen LogP contribution in [0.25, 0.3) is 0 Å². The number of hydrogen-bond acceptors (Lipinski definition) is 7. The Kier molecular flexibility index (Phi) is 5.76. The van der Waals surface area contributed by atoms with Crippen LogP contribution in [0.3, 0.4) is 0 Å². The number of hydrogen-bond donors (Lipinski definition) is 0. The number of methoxy groups -OCH3 is 4. The molecule has 0 N–H and O–H groups in total. The van der Waals surface area contributed by atoms with Crippen LogP contribution in [-0.2, 0) is 17.6 Å². The van der Waals surface area contributed by atoms with Crippen LogP contribution in [0.4, 0.5) is 0 Å². The first-order valence-electron chi connectivity index (χ1n) is 11.9. The van der Waals surface area contributed by atoms with Gasteiger partial charge in [-0.05, 0) is 44.5 Å². The number of rotatable bonds is 4. The van der Waals surface area contributed by atoms with Crippen LogP contribution in [0.1, 0.15) is 48.2 Å². The first kappa shape index (κ1) is 23.3. The van der Waals surface area contributed by atoms with Crippen molar-refractivity contribution >= 4 is 5.91 Å². The summed E-state index contributed by atoms with van der Waals surface area (Å²) in [6, 6.07) is 8.37. The smallest absolute Gasteiger partial charge is 0.241 e. The number of nitrogens with zero attached hydrogens (tertiary/aromatic N) is 3. The quantitative estimate of drug-likeness (QED) is 0.667. The maximum absolute atomic E-state index is 14.2. The van der Waals surface area contributed by atoms with Gasteiger partial charge in [-0.25, -0.2) is 0 Å². The SMILES string of the molecule is COc1ccc(OC)c2c1CC1C(C#N)N3C(Cc4c(OC)ccc(OC)c4C3C)C(=O)N1C2C. The Morgan fingerprint density at radius 3 is 1.80 bits per heavy atom. The Morgan fingerprint density at radius 1 is 0.800 bits per heavy atom. The number of carbonyl (C=O) groups is 1. The van der Waals surface area contributed by atoms with Gasteiger partial charge in [0.2, 0.25) is 5.91 Å². The molecule has 1 amide bonds. The average Bonchev–Trinajstić information content (AvgIpc) is 2.88. The Hall–Kier alpha value is -3.44. The maximum Gasteiger partial charge on any atom is 0.241 e. The lowest BCUT2D eigenvalue weighted by molar-refractivity contribution is -0.157. The van der Waals surface area contributed by atoms with Crippen molar-refractivity contribution in [2.45, 2.75) is 56.9 Å². The van der Waals surface area contributed by atoms with Gasteiger partial charge in [0.15, 0.2) is 0 Å². The van der Waals surface area contributed by atoms with Gasteiger partial charge in [-0.15, -0.1) is 0 Å². The fourth-order valence-electron chi connectivity index (χ4n) is 6.56. The number of amides is 1. The molecule has 0 radical (unpaired) electrons. The molecule has 1 saturated heterocycles. The summed E-state index contributed by atoms with van der Waals surface area (Å²) in [5, 5.41) is 10.5. The molecule has 5 rings (SSSR count). The van der Waals surface area contributed by atoms with Gasteiger partial charge in [0, 0.05) is 34.7 Å². The maximum atomic E-state index is 14.2. The number of fused-ring (bicyclic) bond motifs is 4. The predicted octanol–water partition coefficient (Wildman–Crippen LogP) is 3.43. The van der Waals surface area contributed by atoms with E-state index >= 15 is 0 Å². The summed E-state index contributed by atoms with van der Waals surface area (Å²) in [5.74, 6) is 2.98. The predicted molar refractivity (Wildman–Crippen MR) is 129 cm³/mol. The van der Waals surface area contributed by atoms with Crippen molar-refractivity contribution in [3.63, 3.8) is 0 Å². The lowest BCUT2D eigenvalue weighted by Crippen LogP contribution is -2.69. The first-order valence-corrected chi connectivity index (χ1v) is 11.9. The van der Waals surface area contributed by atoms with E-state index in [2.05, 4.69) is 11.0 Å². The van der Waals surface area contributed by atoms with Gasteiger partial charge in [0.05, 0.1) is 52.6 Å². The van der Waals surface area contributed by atoms with Crippen LogP contribution >= 0.6 is 0 Å². The van der Waals surface area contributed by atoms with Gasteiger partial charge in [-0.1, -0.05) is 0 Å². The van der Waals surface area contributed by atoms with Gasteiger partial charge < -0.3 is 23.8 Å². The molecule has 5 unspecified atom stereocenters. The summed E-state index contributed by atoms with van der Waals surface area (Å²) >= 11 is 0. The van der Waals surface area contributed by atoms with E-state index in [4.69, 9.17) is 18.9 Å². The Labute approximate surface area is 205 Å². The molecule has 8 heteroatoms. The minimum Gasteiger partial charge on any atom is -0.496 e. The number of nitriles is 1. The van der Waals surface area contributed by atoms with Crippen LogP contribution in [0, 0.1) is 11.3 Å². The van der Waals surface area contributed by atoms with E-state index in [1.54, 1.807) is 28.4 Å². The second-order valence-electron chi connectivity index (χ2n) is 9.33. The van der Waals surface area contributed by atoms with Crippen molar-refractivity contribution in [2.24, 2.45) is 0 Å². The summed E-state index contributed by atoms with van der Waals surface area (Å²) in [4.78, 5) is 18.2. The zero-order valence-electron chi connectivity index (χ0n) is 21.0. The third-order valence-electron chi connectivity index (χ3n) is 8.01. The molecule has 3 aliphatic heterocycles. The van der Waals surface area contributed by atoms with E-state index in [1.165, 1.54) is 0 Å². The molecule has 1 fully saturated rings. The molecular weight excluding hydrogens is 446 g/mol. The molecule has 35 heavy (non-hydrogen) atoms. The minimum absolute atomic E-state index is 0.0203. The molecule has 0 bridgehead atoms. The number of carbonyl (C=O) groups excluding carboxylic acids is 1. The highest BCUT2D eigenvalue weighted by Gasteiger charge is 2.55. The van der Waals surface area contributed by atoms with Gasteiger partial charge in [-0.3, -0.25) is 9.69 Å². The van der Waals surface area contributed by atoms with E-state index < -0.39 is 12.1 Å². The van der Waals surface area contributed by atoms with Gasteiger partial charge >= 0.3 is 0 Å². The second-order valence-corrected chi connectivity index (χ2v) is 9.33. The van der Waals surface area contributed by atoms with E-state index in [0.29, 0.717) is 12.8 Å². The zero-order chi connectivity index (χ0) is 25.0. The molecule has 3 heterocycles. The van der Waals surface area contributed by atoms with Crippen LogP contribution in [0.15, 0.2) is 24.3 Å². The standard InChI is InChI=1S/C27H31N3O5/c1-14-25-17(22(33-4)8-9-23(25)34-5)12-19-27(31)30-15(2)26-16(11-18(30)20(13-28)29(14)19)21(32-3)7-10-24(26)35-6/h7-10,14-15,18-20H,11-12H2,1-6H3. The highest BCUT2D eigenvalue weighted by molar-refractivity contribution is 5.86. The van der Waals surface area contributed by atoms with Crippen molar-refractivity contribution in [3.05, 3.63) is 46.5 Å². The summed E-state index contributed by atoms with van der Waals surface area (Å²) < 4.78 is 22.7. The molecule has 0 saturated carbocycles.